The van der Waals surface area contributed by atoms with E-state index in [0.29, 0.717) is 18.4 Å². The average Bonchev–Trinajstić information content (AvgIpc) is 3.10. The first-order valence-corrected chi connectivity index (χ1v) is 6.61. The third-order valence-corrected chi connectivity index (χ3v) is 3.64. The first kappa shape index (κ1) is 11.5. The van der Waals surface area contributed by atoms with E-state index in [1.54, 1.807) is 0 Å². The summed E-state index contributed by atoms with van der Waals surface area (Å²) in [7, 11) is 0. The highest BCUT2D eigenvalue weighted by Gasteiger charge is 2.23. The summed E-state index contributed by atoms with van der Waals surface area (Å²) in [6.07, 6.45) is 6.90. The van der Waals surface area contributed by atoms with Crippen LogP contribution in [0.25, 0.3) is 0 Å². The van der Waals surface area contributed by atoms with Crippen molar-refractivity contribution in [1.82, 2.24) is 9.88 Å². The van der Waals surface area contributed by atoms with Gasteiger partial charge in [-0.05, 0) is 44.1 Å². The topological polar surface area (TPSA) is 43.3 Å². The minimum atomic E-state index is 0.0241. The monoisotopic (exact) mass is 246 g/mol. The van der Waals surface area contributed by atoms with Crippen LogP contribution in [0.4, 0.5) is 0 Å². The summed E-state index contributed by atoms with van der Waals surface area (Å²) >= 11 is 0. The van der Waals surface area contributed by atoms with E-state index in [2.05, 4.69) is 9.88 Å². The highest BCUT2D eigenvalue weighted by Crippen LogP contribution is 2.24. The van der Waals surface area contributed by atoms with Crippen LogP contribution in [0.3, 0.4) is 0 Å². The van der Waals surface area contributed by atoms with E-state index in [0.717, 1.165) is 38.0 Å². The van der Waals surface area contributed by atoms with Crippen LogP contribution < -0.4 is 5.32 Å². The summed E-state index contributed by atoms with van der Waals surface area (Å²) in [5.74, 6) is 0.542. The molecular formula is C14H18N2O2. The number of carbonyl (C=O) groups is 1. The van der Waals surface area contributed by atoms with Gasteiger partial charge in [0.05, 0.1) is 12.3 Å². The van der Waals surface area contributed by atoms with Gasteiger partial charge in [0.15, 0.2) is 5.76 Å². The van der Waals surface area contributed by atoms with Gasteiger partial charge >= 0.3 is 0 Å². The SMILES string of the molecule is O=C(C1=CCCO1)c1cccn1C1CCNCC1. The molecule has 4 heteroatoms. The van der Waals surface area contributed by atoms with E-state index in [1.807, 2.05) is 24.4 Å². The Morgan fingerprint density at radius 3 is 2.94 bits per heavy atom. The lowest BCUT2D eigenvalue weighted by atomic mass is 10.1. The van der Waals surface area contributed by atoms with Crippen LogP contribution >= 0.6 is 0 Å². The smallest absolute Gasteiger partial charge is 0.243 e. The van der Waals surface area contributed by atoms with E-state index in [4.69, 9.17) is 4.74 Å². The molecule has 0 aliphatic carbocycles. The van der Waals surface area contributed by atoms with Crippen LogP contribution in [0, 0.1) is 0 Å². The molecule has 1 aromatic heterocycles. The molecule has 1 aromatic rings. The third kappa shape index (κ3) is 2.08. The van der Waals surface area contributed by atoms with Crippen molar-refractivity contribution in [3.05, 3.63) is 35.9 Å². The maximum atomic E-state index is 12.3. The van der Waals surface area contributed by atoms with Crippen LogP contribution in [-0.2, 0) is 4.74 Å². The van der Waals surface area contributed by atoms with Crippen molar-refractivity contribution in [2.45, 2.75) is 25.3 Å². The van der Waals surface area contributed by atoms with E-state index in [9.17, 15) is 4.79 Å². The number of rotatable bonds is 3. The number of Topliss-reactive ketones (excluding diaryl/α,β-unsaturated/α-hetero) is 1. The van der Waals surface area contributed by atoms with E-state index in [-0.39, 0.29) is 5.78 Å². The minimum Gasteiger partial charge on any atom is -0.489 e. The lowest BCUT2D eigenvalue weighted by Gasteiger charge is -2.25. The predicted molar refractivity (Wildman–Crippen MR) is 68.6 cm³/mol. The molecule has 3 rings (SSSR count). The Morgan fingerprint density at radius 2 is 2.22 bits per heavy atom. The van der Waals surface area contributed by atoms with Crippen LogP contribution in [0.5, 0.6) is 0 Å². The number of hydrogen-bond acceptors (Lipinski definition) is 3. The summed E-state index contributed by atoms with van der Waals surface area (Å²) in [6.45, 7) is 2.68. The number of carbonyl (C=O) groups excluding carboxylic acids is 1. The van der Waals surface area contributed by atoms with Crippen molar-refractivity contribution in [3.8, 4) is 0 Å². The van der Waals surface area contributed by atoms with Crippen molar-refractivity contribution in [1.29, 1.82) is 0 Å². The van der Waals surface area contributed by atoms with Crippen molar-refractivity contribution in [2.24, 2.45) is 0 Å². The number of hydrogen-bond donors (Lipinski definition) is 1. The second-order valence-electron chi connectivity index (χ2n) is 4.82. The molecule has 0 atom stereocenters. The molecule has 1 saturated heterocycles. The number of nitrogens with zero attached hydrogens (tertiary/aromatic N) is 1. The number of allylic oxidation sites excluding steroid dienone is 1. The molecule has 0 amide bonds. The minimum absolute atomic E-state index is 0.0241. The van der Waals surface area contributed by atoms with Gasteiger partial charge in [0, 0.05) is 18.7 Å². The molecule has 2 aliphatic heterocycles. The zero-order valence-electron chi connectivity index (χ0n) is 10.4. The molecule has 2 aliphatic rings. The molecule has 18 heavy (non-hydrogen) atoms. The fraction of sp³-hybridized carbons (Fsp3) is 0.500. The summed E-state index contributed by atoms with van der Waals surface area (Å²) in [6, 6.07) is 4.28. The summed E-state index contributed by atoms with van der Waals surface area (Å²) in [5.41, 5.74) is 0.759. The fourth-order valence-corrected chi connectivity index (χ4v) is 2.69. The summed E-state index contributed by atoms with van der Waals surface area (Å²) in [4.78, 5) is 12.3. The van der Waals surface area contributed by atoms with Gasteiger partial charge in [-0.15, -0.1) is 0 Å². The largest absolute Gasteiger partial charge is 0.489 e. The van der Waals surface area contributed by atoms with Gasteiger partial charge in [0.2, 0.25) is 5.78 Å². The quantitative estimate of drug-likeness (QED) is 0.828. The molecule has 96 valence electrons. The van der Waals surface area contributed by atoms with Gasteiger partial charge in [0.1, 0.15) is 0 Å². The molecular weight excluding hydrogens is 228 g/mol. The number of aromatic nitrogens is 1. The molecule has 1 fully saturated rings. The first-order valence-electron chi connectivity index (χ1n) is 6.61. The standard InChI is InChI=1S/C14H18N2O2/c17-14(13-4-2-10-18-13)12-3-1-9-16(12)11-5-7-15-8-6-11/h1,3-4,9,11,15H,2,5-8,10H2. The zero-order chi connectivity index (χ0) is 12.4. The molecule has 4 nitrogen and oxygen atoms in total. The van der Waals surface area contributed by atoms with Crippen molar-refractivity contribution < 1.29 is 9.53 Å². The highest BCUT2D eigenvalue weighted by atomic mass is 16.5. The molecule has 0 spiro atoms. The second kappa shape index (κ2) is 4.98. The number of piperidine rings is 1. The Bertz CT molecular complexity index is 470. The Morgan fingerprint density at radius 1 is 1.39 bits per heavy atom. The Balaban J connectivity index is 1.84. The van der Waals surface area contributed by atoms with Gasteiger partial charge in [-0.1, -0.05) is 0 Å². The second-order valence-corrected chi connectivity index (χ2v) is 4.82. The van der Waals surface area contributed by atoms with Crippen LogP contribution in [0.1, 0.15) is 35.8 Å². The molecule has 0 saturated carbocycles. The molecule has 0 bridgehead atoms. The van der Waals surface area contributed by atoms with Crippen molar-refractivity contribution >= 4 is 5.78 Å². The maximum Gasteiger partial charge on any atom is 0.243 e. The number of ether oxygens (including phenoxy) is 1. The lowest BCUT2D eigenvalue weighted by molar-refractivity contribution is 0.0930. The molecule has 0 radical (unpaired) electrons. The Hall–Kier alpha value is -1.55. The van der Waals surface area contributed by atoms with Gasteiger partial charge in [-0.3, -0.25) is 4.79 Å². The maximum absolute atomic E-state index is 12.3. The van der Waals surface area contributed by atoms with Crippen LogP contribution in [0.15, 0.2) is 30.2 Å². The summed E-state index contributed by atoms with van der Waals surface area (Å²) < 4.78 is 7.48. The zero-order valence-corrected chi connectivity index (χ0v) is 10.4. The van der Waals surface area contributed by atoms with Gasteiger partial charge in [-0.25, -0.2) is 0 Å². The molecule has 0 unspecified atom stereocenters. The van der Waals surface area contributed by atoms with E-state index < -0.39 is 0 Å². The van der Waals surface area contributed by atoms with E-state index in [1.165, 1.54) is 0 Å². The van der Waals surface area contributed by atoms with Crippen molar-refractivity contribution in [3.63, 3.8) is 0 Å². The average molecular weight is 246 g/mol. The summed E-state index contributed by atoms with van der Waals surface area (Å²) in [5, 5.41) is 3.35. The predicted octanol–water partition coefficient (Wildman–Crippen LogP) is 1.90. The molecule has 0 aromatic carbocycles. The highest BCUT2D eigenvalue weighted by molar-refractivity contribution is 6.06. The van der Waals surface area contributed by atoms with Crippen LogP contribution in [-0.4, -0.2) is 30.0 Å². The van der Waals surface area contributed by atoms with Crippen molar-refractivity contribution in [2.75, 3.05) is 19.7 Å². The Kier molecular flexibility index (Phi) is 3.19. The van der Waals surface area contributed by atoms with E-state index >= 15 is 0 Å². The first-order chi connectivity index (χ1) is 8.86. The third-order valence-electron chi connectivity index (χ3n) is 3.64. The van der Waals surface area contributed by atoms with Gasteiger partial charge < -0.3 is 14.6 Å². The number of ketones is 1. The molecule has 3 heterocycles. The fourth-order valence-electron chi connectivity index (χ4n) is 2.69. The van der Waals surface area contributed by atoms with Gasteiger partial charge in [-0.2, -0.15) is 0 Å². The Labute approximate surface area is 107 Å². The normalized spacial score (nSPS) is 20.6. The molecule has 1 N–H and O–H groups in total. The van der Waals surface area contributed by atoms with Crippen LogP contribution in [0.2, 0.25) is 0 Å². The van der Waals surface area contributed by atoms with Gasteiger partial charge in [0.25, 0.3) is 0 Å². The number of nitrogens with one attached hydrogen (secondary N) is 1. The lowest BCUT2D eigenvalue weighted by Crippen LogP contribution is -2.30.